The average molecular weight is 295 g/mol. The van der Waals surface area contributed by atoms with Crippen molar-refractivity contribution in [1.29, 1.82) is 5.26 Å². The third kappa shape index (κ3) is 4.35. The molecular weight excluding hydrogens is 278 g/mol. The van der Waals surface area contributed by atoms with E-state index >= 15 is 0 Å². The summed E-state index contributed by atoms with van der Waals surface area (Å²) in [6.07, 6.45) is 0.303. The number of nitriles is 1. The molecule has 0 saturated carbocycles. The number of esters is 1. The summed E-state index contributed by atoms with van der Waals surface area (Å²) in [6.45, 7) is 0. The van der Waals surface area contributed by atoms with Crippen LogP contribution in [0.15, 0.2) is 18.2 Å². The molecule has 108 valence electrons. The van der Waals surface area contributed by atoms with Crippen LogP contribution in [0.5, 0.6) is 11.5 Å². The molecule has 1 aromatic carbocycles. The molecule has 0 heterocycles. The van der Waals surface area contributed by atoms with E-state index in [0.717, 1.165) is 5.56 Å². The minimum absolute atomic E-state index is 0.112. The van der Waals surface area contributed by atoms with Crippen LogP contribution in [0, 0.1) is 11.3 Å². The van der Waals surface area contributed by atoms with Gasteiger partial charge in [0.05, 0.1) is 39.6 Å². The summed E-state index contributed by atoms with van der Waals surface area (Å²) in [7, 11) is 4.47. The summed E-state index contributed by atoms with van der Waals surface area (Å²) in [5.74, 6) is 1.13. The first-order chi connectivity index (χ1) is 9.65. The fraction of sp³-hybridized carbons (Fsp3) is 0.429. The summed E-state index contributed by atoms with van der Waals surface area (Å²) < 4.78 is 15.0. The summed E-state index contributed by atoms with van der Waals surface area (Å²) >= 11 is 1.37. The van der Waals surface area contributed by atoms with Crippen LogP contribution in [-0.2, 0) is 9.53 Å². The van der Waals surface area contributed by atoms with Crippen LogP contribution in [0.3, 0.4) is 0 Å². The average Bonchev–Trinajstić information content (AvgIpc) is 2.50. The number of hydrogen-bond donors (Lipinski definition) is 0. The minimum atomic E-state index is -0.307. The Balaban J connectivity index is 2.91. The first kappa shape index (κ1) is 16.2. The van der Waals surface area contributed by atoms with Gasteiger partial charge in [0.25, 0.3) is 0 Å². The van der Waals surface area contributed by atoms with Gasteiger partial charge < -0.3 is 14.2 Å². The molecule has 1 rings (SSSR count). The Morgan fingerprint density at radius 3 is 2.55 bits per heavy atom. The Morgan fingerprint density at radius 2 is 2.00 bits per heavy atom. The van der Waals surface area contributed by atoms with E-state index in [2.05, 4.69) is 10.8 Å². The van der Waals surface area contributed by atoms with Crippen molar-refractivity contribution in [3.63, 3.8) is 0 Å². The highest BCUT2D eigenvalue weighted by atomic mass is 32.2. The van der Waals surface area contributed by atoms with Gasteiger partial charge in [0.1, 0.15) is 0 Å². The van der Waals surface area contributed by atoms with Crippen LogP contribution in [0.1, 0.15) is 17.2 Å². The number of carbonyl (C=O) groups excluding carboxylic acids is 1. The van der Waals surface area contributed by atoms with Gasteiger partial charge in [0.2, 0.25) is 0 Å². The van der Waals surface area contributed by atoms with Crippen LogP contribution in [0.4, 0.5) is 0 Å². The van der Waals surface area contributed by atoms with Crippen LogP contribution < -0.4 is 9.47 Å². The molecule has 1 aromatic rings. The molecule has 0 fully saturated rings. The molecule has 1 atom stereocenters. The lowest BCUT2D eigenvalue weighted by molar-refractivity contribution is -0.137. The third-order valence-electron chi connectivity index (χ3n) is 2.69. The van der Waals surface area contributed by atoms with E-state index in [9.17, 15) is 4.79 Å². The van der Waals surface area contributed by atoms with Crippen molar-refractivity contribution in [2.24, 2.45) is 0 Å². The topological polar surface area (TPSA) is 68.6 Å². The molecule has 6 heteroatoms. The monoisotopic (exact) mass is 295 g/mol. The fourth-order valence-corrected chi connectivity index (χ4v) is 2.62. The zero-order chi connectivity index (χ0) is 15.0. The third-order valence-corrected chi connectivity index (χ3v) is 3.93. The van der Waals surface area contributed by atoms with Gasteiger partial charge in [-0.15, -0.1) is 11.8 Å². The highest BCUT2D eigenvalue weighted by Gasteiger charge is 2.16. The van der Waals surface area contributed by atoms with E-state index in [1.54, 1.807) is 20.3 Å². The number of hydrogen-bond acceptors (Lipinski definition) is 6. The van der Waals surface area contributed by atoms with E-state index in [-0.39, 0.29) is 17.0 Å². The number of thioether (sulfide) groups is 1. The Bertz CT molecular complexity index is 498. The second-order valence-corrected chi connectivity index (χ2v) is 5.04. The van der Waals surface area contributed by atoms with Crippen LogP contribution in [0.25, 0.3) is 0 Å². The number of carbonyl (C=O) groups is 1. The quantitative estimate of drug-likeness (QED) is 0.720. The van der Waals surface area contributed by atoms with Crippen molar-refractivity contribution in [2.75, 3.05) is 27.1 Å². The molecule has 0 bridgehead atoms. The largest absolute Gasteiger partial charge is 0.493 e. The molecule has 20 heavy (non-hydrogen) atoms. The molecule has 0 radical (unpaired) electrons. The predicted octanol–water partition coefficient (Wildman–Crippen LogP) is 2.56. The molecule has 0 amide bonds. The Labute approximate surface area is 122 Å². The lowest BCUT2D eigenvalue weighted by Gasteiger charge is -2.15. The van der Waals surface area contributed by atoms with E-state index in [1.807, 2.05) is 12.1 Å². The van der Waals surface area contributed by atoms with Gasteiger partial charge in [-0.25, -0.2) is 0 Å². The van der Waals surface area contributed by atoms with Gasteiger partial charge in [-0.3, -0.25) is 4.79 Å². The molecular formula is C14H17NO4S. The predicted molar refractivity (Wildman–Crippen MR) is 77.0 cm³/mol. The molecule has 0 saturated heterocycles. The van der Waals surface area contributed by atoms with Crippen molar-refractivity contribution < 1.29 is 19.0 Å². The molecule has 5 nitrogen and oxygen atoms in total. The molecule has 0 aromatic heterocycles. The van der Waals surface area contributed by atoms with Crippen molar-refractivity contribution in [1.82, 2.24) is 0 Å². The first-order valence-corrected chi connectivity index (χ1v) is 6.98. The Hall–Kier alpha value is -1.87. The van der Waals surface area contributed by atoms with Crippen LogP contribution in [0.2, 0.25) is 0 Å². The molecule has 0 aliphatic heterocycles. The number of methoxy groups -OCH3 is 3. The maximum atomic E-state index is 11.2. The number of nitrogens with zero attached hydrogens (tertiary/aromatic N) is 1. The molecule has 1 unspecified atom stereocenters. The number of rotatable bonds is 7. The summed E-state index contributed by atoms with van der Waals surface area (Å²) in [5.41, 5.74) is 0.915. The lowest BCUT2D eigenvalue weighted by atomic mass is 10.1. The van der Waals surface area contributed by atoms with Gasteiger partial charge in [-0.1, -0.05) is 6.07 Å². The van der Waals surface area contributed by atoms with Crippen LogP contribution in [-0.4, -0.2) is 33.1 Å². The van der Waals surface area contributed by atoms with Crippen molar-refractivity contribution in [2.45, 2.75) is 11.7 Å². The van der Waals surface area contributed by atoms with Crippen molar-refractivity contribution >= 4 is 17.7 Å². The highest BCUT2D eigenvalue weighted by Crippen LogP contribution is 2.37. The zero-order valence-corrected chi connectivity index (χ0v) is 12.5. The maximum absolute atomic E-state index is 11.2. The molecule has 0 N–H and O–H groups in total. The normalized spacial score (nSPS) is 11.3. The van der Waals surface area contributed by atoms with Gasteiger partial charge >= 0.3 is 5.97 Å². The van der Waals surface area contributed by atoms with Gasteiger partial charge in [0.15, 0.2) is 11.5 Å². The van der Waals surface area contributed by atoms with Crippen molar-refractivity contribution in [3.8, 4) is 17.6 Å². The Morgan fingerprint density at radius 1 is 1.30 bits per heavy atom. The first-order valence-electron chi connectivity index (χ1n) is 5.93. The maximum Gasteiger partial charge on any atom is 0.315 e. The fourth-order valence-electron chi connectivity index (χ4n) is 1.64. The standard InChI is InChI=1S/C14H17NO4S/c1-17-11-5-4-10(8-12(11)18-2)13(6-7-15)20-9-14(16)19-3/h4-5,8,13H,6,9H2,1-3H3. The van der Waals surface area contributed by atoms with Crippen molar-refractivity contribution in [3.05, 3.63) is 23.8 Å². The zero-order valence-electron chi connectivity index (χ0n) is 11.7. The molecule has 0 aliphatic rings. The SMILES string of the molecule is COC(=O)CSC(CC#N)c1ccc(OC)c(OC)c1. The van der Waals surface area contributed by atoms with Gasteiger partial charge in [-0.2, -0.15) is 5.26 Å². The second kappa shape index (κ2) is 8.33. The summed E-state index contributed by atoms with van der Waals surface area (Å²) in [4.78, 5) is 11.2. The lowest BCUT2D eigenvalue weighted by Crippen LogP contribution is -2.06. The number of ether oxygens (including phenoxy) is 3. The van der Waals surface area contributed by atoms with Gasteiger partial charge in [-0.05, 0) is 17.7 Å². The van der Waals surface area contributed by atoms with Gasteiger partial charge in [0, 0.05) is 5.25 Å². The second-order valence-electron chi connectivity index (χ2n) is 3.85. The summed E-state index contributed by atoms with van der Waals surface area (Å²) in [6, 6.07) is 7.61. The highest BCUT2D eigenvalue weighted by molar-refractivity contribution is 8.00. The summed E-state index contributed by atoms with van der Waals surface area (Å²) in [5, 5.41) is 8.80. The van der Waals surface area contributed by atoms with Crippen LogP contribution >= 0.6 is 11.8 Å². The van der Waals surface area contributed by atoms with E-state index in [4.69, 9.17) is 14.7 Å². The van der Waals surface area contributed by atoms with E-state index in [0.29, 0.717) is 17.9 Å². The molecule has 0 aliphatic carbocycles. The minimum Gasteiger partial charge on any atom is -0.493 e. The smallest absolute Gasteiger partial charge is 0.315 e. The Kier molecular flexibility index (Phi) is 6.74. The van der Waals surface area contributed by atoms with E-state index in [1.165, 1.54) is 18.9 Å². The number of benzene rings is 1. The molecule has 0 spiro atoms. The van der Waals surface area contributed by atoms with E-state index < -0.39 is 0 Å².